The Labute approximate surface area is 103 Å². The molecular weight excluding hydrogens is 247 g/mol. The first-order valence-electron chi connectivity index (χ1n) is 4.56. The highest BCUT2D eigenvalue weighted by molar-refractivity contribution is 6.33. The molecule has 3 nitrogen and oxygen atoms in total. The third-order valence-electron chi connectivity index (χ3n) is 2.15. The second-order valence-corrected chi connectivity index (χ2v) is 4.08. The summed E-state index contributed by atoms with van der Waals surface area (Å²) in [6.07, 6.45) is 3.60. The third-order valence-corrected chi connectivity index (χ3v) is 2.73. The second-order valence-electron chi connectivity index (χ2n) is 3.24. The molecule has 0 spiro atoms. The van der Waals surface area contributed by atoms with Crippen LogP contribution in [0.5, 0.6) is 0 Å². The van der Waals surface area contributed by atoms with Gasteiger partial charge in [0.15, 0.2) is 0 Å². The van der Waals surface area contributed by atoms with Crippen molar-refractivity contribution in [2.24, 2.45) is 0 Å². The van der Waals surface area contributed by atoms with E-state index < -0.39 is 6.10 Å². The van der Waals surface area contributed by atoms with Crippen molar-refractivity contribution in [1.29, 1.82) is 0 Å². The average molecular weight is 255 g/mol. The Bertz CT molecular complexity index is 491. The van der Waals surface area contributed by atoms with Gasteiger partial charge in [0.2, 0.25) is 0 Å². The van der Waals surface area contributed by atoms with Gasteiger partial charge in [-0.2, -0.15) is 0 Å². The van der Waals surface area contributed by atoms with Crippen molar-refractivity contribution in [1.82, 2.24) is 9.97 Å². The summed E-state index contributed by atoms with van der Waals surface area (Å²) in [5.74, 6) is 0. The van der Waals surface area contributed by atoms with Gasteiger partial charge in [0.1, 0.15) is 12.4 Å². The van der Waals surface area contributed by atoms with Crippen LogP contribution in [0.15, 0.2) is 36.9 Å². The molecule has 0 aliphatic carbocycles. The lowest BCUT2D eigenvalue weighted by molar-refractivity contribution is 0.219. The number of halogens is 2. The fourth-order valence-corrected chi connectivity index (χ4v) is 1.76. The standard InChI is InChI=1S/C11H8Cl2N2O/c12-8-1-2-10(13)9(3-8)11(16)7-4-14-6-15-5-7/h1-6,11,16H. The van der Waals surface area contributed by atoms with Gasteiger partial charge in [-0.3, -0.25) is 0 Å². The normalized spacial score (nSPS) is 12.4. The number of aromatic nitrogens is 2. The Balaban J connectivity index is 2.41. The van der Waals surface area contributed by atoms with E-state index in [1.54, 1.807) is 18.2 Å². The van der Waals surface area contributed by atoms with Crippen LogP contribution in [0.3, 0.4) is 0 Å². The van der Waals surface area contributed by atoms with Crippen molar-refractivity contribution in [3.05, 3.63) is 58.1 Å². The molecule has 2 rings (SSSR count). The lowest BCUT2D eigenvalue weighted by Gasteiger charge is -2.12. The van der Waals surface area contributed by atoms with E-state index in [1.165, 1.54) is 18.7 Å². The van der Waals surface area contributed by atoms with Gasteiger partial charge in [-0.1, -0.05) is 23.2 Å². The molecule has 1 atom stereocenters. The molecule has 0 saturated carbocycles. The van der Waals surface area contributed by atoms with Crippen molar-refractivity contribution >= 4 is 23.2 Å². The minimum Gasteiger partial charge on any atom is -0.383 e. The molecule has 1 N–H and O–H groups in total. The molecule has 0 aliphatic rings. The number of aliphatic hydroxyl groups is 1. The highest BCUT2D eigenvalue weighted by Gasteiger charge is 2.14. The van der Waals surface area contributed by atoms with E-state index in [-0.39, 0.29) is 0 Å². The van der Waals surface area contributed by atoms with E-state index in [0.717, 1.165) is 0 Å². The molecule has 0 fully saturated rings. The minimum atomic E-state index is -0.868. The first-order chi connectivity index (χ1) is 7.68. The van der Waals surface area contributed by atoms with Crippen LogP contribution in [-0.4, -0.2) is 15.1 Å². The topological polar surface area (TPSA) is 46.0 Å². The van der Waals surface area contributed by atoms with Crippen LogP contribution in [0.25, 0.3) is 0 Å². The zero-order valence-electron chi connectivity index (χ0n) is 8.14. The maximum atomic E-state index is 10.1. The molecule has 1 heterocycles. The SMILES string of the molecule is OC(c1cncnc1)c1cc(Cl)ccc1Cl. The summed E-state index contributed by atoms with van der Waals surface area (Å²) in [4.78, 5) is 7.67. The molecule has 1 aromatic heterocycles. The third kappa shape index (κ3) is 2.32. The lowest BCUT2D eigenvalue weighted by atomic mass is 10.0. The first kappa shape index (κ1) is 11.3. The average Bonchev–Trinajstić information content (AvgIpc) is 2.32. The molecule has 0 saturated heterocycles. The Morgan fingerprint density at radius 3 is 2.50 bits per heavy atom. The molecule has 1 aromatic carbocycles. The smallest absolute Gasteiger partial charge is 0.115 e. The molecule has 16 heavy (non-hydrogen) atoms. The van der Waals surface area contributed by atoms with Crippen LogP contribution in [0, 0.1) is 0 Å². The van der Waals surface area contributed by atoms with Gasteiger partial charge in [0.25, 0.3) is 0 Å². The van der Waals surface area contributed by atoms with E-state index in [0.29, 0.717) is 21.2 Å². The van der Waals surface area contributed by atoms with Crippen LogP contribution >= 0.6 is 23.2 Å². The van der Waals surface area contributed by atoms with E-state index in [9.17, 15) is 5.11 Å². The summed E-state index contributed by atoms with van der Waals surface area (Å²) in [5, 5.41) is 11.1. The Morgan fingerprint density at radius 1 is 1.12 bits per heavy atom. The van der Waals surface area contributed by atoms with Gasteiger partial charge >= 0.3 is 0 Å². The number of nitrogens with zero attached hydrogens (tertiary/aromatic N) is 2. The van der Waals surface area contributed by atoms with Gasteiger partial charge in [0, 0.05) is 33.6 Å². The molecule has 1 unspecified atom stereocenters. The highest BCUT2D eigenvalue weighted by Crippen LogP contribution is 2.29. The van der Waals surface area contributed by atoms with Crippen LogP contribution in [0.1, 0.15) is 17.2 Å². The summed E-state index contributed by atoms with van der Waals surface area (Å²) in [6, 6.07) is 4.94. The summed E-state index contributed by atoms with van der Waals surface area (Å²) < 4.78 is 0. The lowest BCUT2D eigenvalue weighted by Crippen LogP contribution is -2.01. The molecule has 2 aromatic rings. The minimum absolute atomic E-state index is 0.459. The van der Waals surface area contributed by atoms with Gasteiger partial charge in [0.05, 0.1) is 0 Å². The predicted octanol–water partition coefficient (Wildman–Crippen LogP) is 2.87. The largest absolute Gasteiger partial charge is 0.383 e. The van der Waals surface area contributed by atoms with E-state index >= 15 is 0 Å². The van der Waals surface area contributed by atoms with Crippen molar-refractivity contribution in [3.8, 4) is 0 Å². The van der Waals surface area contributed by atoms with Gasteiger partial charge in [-0.05, 0) is 18.2 Å². The van der Waals surface area contributed by atoms with E-state index in [1.807, 2.05) is 0 Å². The quantitative estimate of drug-likeness (QED) is 0.897. The van der Waals surface area contributed by atoms with Crippen LogP contribution < -0.4 is 0 Å². The van der Waals surface area contributed by atoms with Crippen molar-refractivity contribution in [2.75, 3.05) is 0 Å². The van der Waals surface area contributed by atoms with Gasteiger partial charge in [-0.25, -0.2) is 9.97 Å². The number of aliphatic hydroxyl groups excluding tert-OH is 1. The summed E-state index contributed by atoms with van der Waals surface area (Å²) >= 11 is 11.8. The maximum absolute atomic E-state index is 10.1. The number of rotatable bonds is 2. The second kappa shape index (κ2) is 4.78. The molecule has 0 amide bonds. The first-order valence-corrected chi connectivity index (χ1v) is 5.32. The Hall–Kier alpha value is -1.16. The van der Waals surface area contributed by atoms with Crippen LogP contribution in [0.2, 0.25) is 10.0 Å². The predicted molar refractivity (Wildman–Crippen MR) is 62.6 cm³/mol. The molecule has 5 heteroatoms. The van der Waals surface area contributed by atoms with Gasteiger partial charge in [-0.15, -0.1) is 0 Å². The molecular formula is C11H8Cl2N2O. The Morgan fingerprint density at radius 2 is 1.81 bits per heavy atom. The zero-order chi connectivity index (χ0) is 11.5. The maximum Gasteiger partial charge on any atom is 0.115 e. The zero-order valence-corrected chi connectivity index (χ0v) is 9.65. The fourth-order valence-electron chi connectivity index (χ4n) is 1.36. The van der Waals surface area contributed by atoms with Crippen LogP contribution in [-0.2, 0) is 0 Å². The molecule has 0 aliphatic heterocycles. The van der Waals surface area contributed by atoms with Crippen molar-refractivity contribution < 1.29 is 5.11 Å². The monoisotopic (exact) mass is 254 g/mol. The molecule has 0 radical (unpaired) electrons. The van der Waals surface area contributed by atoms with Crippen LogP contribution in [0.4, 0.5) is 0 Å². The number of hydrogen-bond donors (Lipinski definition) is 1. The fraction of sp³-hybridized carbons (Fsp3) is 0.0909. The highest BCUT2D eigenvalue weighted by atomic mass is 35.5. The molecule has 0 bridgehead atoms. The number of benzene rings is 1. The van der Waals surface area contributed by atoms with Crippen molar-refractivity contribution in [3.63, 3.8) is 0 Å². The van der Waals surface area contributed by atoms with Crippen molar-refractivity contribution in [2.45, 2.75) is 6.10 Å². The molecule has 82 valence electrons. The van der Waals surface area contributed by atoms with E-state index in [2.05, 4.69) is 9.97 Å². The summed E-state index contributed by atoms with van der Waals surface area (Å²) in [6.45, 7) is 0. The summed E-state index contributed by atoms with van der Waals surface area (Å²) in [7, 11) is 0. The van der Waals surface area contributed by atoms with E-state index in [4.69, 9.17) is 23.2 Å². The summed E-state index contributed by atoms with van der Waals surface area (Å²) in [5.41, 5.74) is 1.12. The Kier molecular flexibility index (Phi) is 3.39. The van der Waals surface area contributed by atoms with Gasteiger partial charge < -0.3 is 5.11 Å². The number of hydrogen-bond acceptors (Lipinski definition) is 3.